The average Bonchev–Trinajstić information content (AvgIpc) is 2.87. The maximum Gasteiger partial charge on any atom is -1.00 e. The number of hydrogen-bond acceptors (Lipinski definition) is 0. The van der Waals surface area contributed by atoms with E-state index >= 15 is 0 Å². The zero-order chi connectivity index (χ0) is 12.4. The zero-order valence-corrected chi connectivity index (χ0v) is 17.3. The third kappa shape index (κ3) is 4.19. The molecule has 0 aliphatic heterocycles. The van der Waals surface area contributed by atoms with Crippen LogP contribution in [0.3, 0.4) is 0 Å². The summed E-state index contributed by atoms with van der Waals surface area (Å²) in [6, 6.07) is 0. The summed E-state index contributed by atoms with van der Waals surface area (Å²) >= 11 is -0.786. The number of hydrogen-bond donors (Lipinski definition) is 0. The molecule has 3 heteroatoms. The van der Waals surface area contributed by atoms with Crippen LogP contribution in [0, 0.1) is 0 Å². The number of allylic oxidation sites excluding steroid dienone is 8. The Morgan fingerprint density at radius 3 is 2.11 bits per heavy atom. The van der Waals surface area contributed by atoms with E-state index < -0.39 is 22.9 Å². The van der Waals surface area contributed by atoms with Crippen molar-refractivity contribution in [2.24, 2.45) is 0 Å². The van der Waals surface area contributed by atoms with Crippen molar-refractivity contribution >= 4 is 0 Å². The molecule has 0 fully saturated rings. The number of rotatable bonds is 4. The van der Waals surface area contributed by atoms with Crippen molar-refractivity contribution in [2.75, 3.05) is 0 Å². The topological polar surface area (TPSA) is 0 Å². The Morgan fingerprint density at radius 1 is 0.947 bits per heavy atom. The fraction of sp³-hybridized carbons (Fsp3) is 0.500. The van der Waals surface area contributed by atoms with Gasteiger partial charge in [0.25, 0.3) is 0 Å². The van der Waals surface area contributed by atoms with E-state index in [1.165, 1.54) is 25.7 Å². The van der Waals surface area contributed by atoms with Gasteiger partial charge in [0.1, 0.15) is 0 Å². The molecule has 0 aromatic carbocycles. The summed E-state index contributed by atoms with van der Waals surface area (Å²) in [4.78, 5) is 0. The Morgan fingerprint density at radius 2 is 1.63 bits per heavy atom. The normalized spacial score (nSPS) is 17.7. The largest absolute Gasteiger partial charge is 1.00 e. The summed E-state index contributed by atoms with van der Waals surface area (Å²) < 4.78 is 3.64. The minimum Gasteiger partial charge on any atom is -1.00 e. The molecule has 19 heavy (non-hydrogen) atoms. The van der Waals surface area contributed by atoms with Crippen LogP contribution in [-0.2, 0) is 22.9 Å². The molecule has 104 valence electrons. The molecule has 0 unspecified atom stereocenters. The second-order valence-electron chi connectivity index (χ2n) is 4.99. The van der Waals surface area contributed by atoms with Gasteiger partial charge in [0.05, 0.1) is 0 Å². The van der Waals surface area contributed by atoms with Crippen molar-refractivity contribution in [1.82, 2.24) is 0 Å². The molecule has 2 aliphatic carbocycles. The van der Waals surface area contributed by atoms with Crippen LogP contribution in [-0.4, -0.2) is 0 Å². The van der Waals surface area contributed by atoms with E-state index in [4.69, 9.17) is 0 Å². The van der Waals surface area contributed by atoms with Gasteiger partial charge < -0.3 is 24.8 Å². The van der Waals surface area contributed by atoms with Gasteiger partial charge in [-0.05, 0) is 0 Å². The first-order valence-corrected chi connectivity index (χ1v) is 10.3. The monoisotopic (exact) mass is 464 g/mol. The van der Waals surface area contributed by atoms with E-state index in [1.807, 2.05) is 3.33 Å². The van der Waals surface area contributed by atoms with Crippen molar-refractivity contribution < 1.29 is 47.7 Å². The quantitative estimate of drug-likeness (QED) is 0.475. The second kappa shape index (κ2) is 8.64. The van der Waals surface area contributed by atoms with Crippen LogP contribution in [0.2, 0.25) is 0 Å². The molecule has 0 spiro atoms. The van der Waals surface area contributed by atoms with Crippen LogP contribution in [0.4, 0.5) is 0 Å². The van der Waals surface area contributed by atoms with Gasteiger partial charge in [0.15, 0.2) is 0 Å². The summed E-state index contributed by atoms with van der Waals surface area (Å²) in [5, 5.41) is 0. The van der Waals surface area contributed by atoms with E-state index in [1.54, 1.807) is 25.6 Å². The summed E-state index contributed by atoms with van der Waals surface area (Å²) in [6.45, 7) is 9.29. The van der Waals surface area contributed by atoms with Crippen molar-refractivity contribution in [3.8, 4) is 0 Å². The Hall–Kier alpha value is 0.410. The first-order chi connectivity index (χ1) is 8.17. The second-order valence-corrected chi connectivity index (χ2v) is 9.48. The van der Waals surface area contributed by atoms with Crippen LogP contribution in [0.1, 0.15) is 53.4 Å². The Kier molecular flexibility index (Phi) is 8.83. The van der Waals surface area contributed by atoms with Gasteiger partial charge in [-0.2, -0.15) is 0 Å². The predicted molar refractivity (Wildman–Crippen MR) is 71.4 cm³/mol. The van der Waals surface area contributed by atoms with Gasteiger partial charge in [-0.25, -0.2) is 0 Å². The molecular weight excluding hydrogens is 442 g/mol. The van der Waals surface area contributed by atoms with Crippen molar-refractivity contribution in [3.05, 3.63) is 41.1 Å². The molecule has 0 heterocycles. The van der Waals surface area contributed by atoms with Crippen LogP contribution >= 0.6 is 0 Å². The zero-order valence-electron chi connectivity index (χ0n) is 12.2. The van der Waals surface area contributed by atoms with Crippen LogP contribution in [0.5, 0.6) is 0 Å². The standard InChI is InChI=1S/C9H13.C7H9.2ClH.Hf/c1-3-8-5-6-9(4-2)7-8;1-6-3-4-7(2)5-6;;;/h5H,3-4,6H2,1-2H3;3H,4H2,1-2H3;2*1H;/q;;;;+2/p-2. The summed E-state index contributed by atoms with van der Waals surface area (Å²) in [7, 11) is 0. The molecule has 0 aromatic rings. The first kappa shape index (κ1) is 19.4. The number of halogens is 2. The van der Waals surface area contributed by atoms with Crippen LogP contribution in [0.25, 0.3) is 0 Å². The molecule has 0 N–H and O–H groups in total. The van der Waals surface area contributed by atoms with E-state index in [9.17, 15) is 0 Å². The summed E-state index contributed by atoms with van der Waals surface area (Å²) in [5.41, 5.74) is 6.70. The smallest absolute Gasteiger partial charge is 1.00 e. The Bertz CT molecular complexity index is 453. The van der Waals surface area contributed by atoms with Crippen molar-refractivity contribution in [1.29, 1.82) is 0 Å². The molecule has 0 atom stereocenters. The molecule has 0 amide bonds. The molecule has 0 aromatic heterocycles. The fourth-order valence-corrected chi connectivity index (χ4v) is 8.99. The SMILES string of the molecule is CCC1=CCC(CC)=[C]1[Hf+2][C]1=C(C)CC=C1C.[Cl-].[Cl-]. The molecule has 2 aliphatic rings. The average molecular weight is 464 g/mol. The summed E-state index contributed by atoms with van der Waals surface area (Å²) in [5.74, 6) is 0. The molecule has 0 nitrogen and oxygen atoms in total. The minimum atomic E-state index is -0.786. The first-order valence-electron chi connectivity index (χ1n) is 6.72. The van der Waals surface area contributed by atoms with E-state index in [0.717, 1.165) is 0 Å². The molecular formula is C16H22Cl2Hf. The molecule has 0 bridgehead atoms. The fourth-order valence-electron chi connectivity index (χ4n) is 2.67. The Balaban J connectivity index is 0.00000162. The molecule has 0 radical (unpaired) electrons. The molecule has 0 saturated heterocycles. The maximum absolute atomic E-state index is 2.49. The van der Waals surface area contributed by atoms with Gasteiger partial charge in [0, 0.05) is 0 Å². The van der Waals surface area contributed by atoms with Crippen molar-refractivity contribution in [2.45, 2.75) is 53.4 Å². The molecule has 2 rings (SSSR count). The minimum absolute atomic E-state index is 0. The van der Waals surface area contributed by atoms with Gasteiger partial charge >= 0.3 is 117 Å². The van der Waals surface area contributed by atoms with Gasteiger partial charge in [0.2, 0.25) is 0 Å². The maximum atomic E-state index is 2.49. The van der Waals surface area contributed by atoms with Crippen LogP contribution < -0.4 is 24.8 Å². The van der Waals surface area contributed by atoms with Gasteiger partial charge in [-0.1, -0.05) is 0 Å². The van der Waals surface area contributed by atoms with Gasteiger partial charge in [-0.3, -0.25) is 0 Å². The van der Waals surface area contributed by atoms with Crippen LogP contribution in [0.15, 0.2) is 41.1 Å². The third-order valence-electron chi connectivity index (χ3n) is 3.86. The van der Waals surface area contributed by atoms with E-state index in [2.05, 4.69) is 39.8 Å². The van der Waals surface area contributed by atoms with E-state index in [0.29, 0.717) is 0 Å². The third-order valence-corrected chi connectivity index (χ3v) is 11.0. The van der Waals surface area contributed by atoms with Gasteiger partial charge in [-0.15, -0.1) is 0 Å². The molecule has 0 saturated carbocycles. The Labute approximate surface area is 141 Å². The van der Waals surface area contributed by atoms with Crippen molar-refractivity contribution in [3.63, 3.8) is 0 Å². The summed E-state index contributed by atoms with van der Waals surface area (Å²) in [6.07, 6.45) is 9.88. The van der Waals surface area contributed by atoms with E-state index in [-0.39, 0.29) is 24.8 Å². The predicted octanol–water partition coefficient (Wildman–Crippen LogP) is -0.895.